The fourth-order valence-electron chi connectivity index (χ4n) is 3.06. The molecule has 12 heteroatoms. The second-order valence-electron chi connectivity index (χ2n) is 6.64. The maximum absolute atomic E-state index is 12.4. The third-order valence-electron chi connectivity index (χ3n) is 4.59. The van der Waals surface area contributed by atoms with Gasteiger partial charge in [-0.25, -0.2) is 13.1 Å². The molecule has 162 valence electrons. The van der Waals surface area contributed by atoms with Crippen molar-refractivity contribution in [3.63, 3.8) is 0 Å². The molecular weight excluding hydrogens is 415 g/mol. The van der Waals surface area contributed by atoms with Crippen molar-refractivity contribution < 1.29 is 35.9 Å². The number of alkyl halides is 3. The topological polar surface area (TPSA) is 114 Å². The maximum Gasteiger partial charge on any atom is 0.471 e. The van der Waals surface area contributed by atoms with Crippen LogP contribution < -0.4 is 15.4 Å². The summed E-state index contributed by atoms with van der Waals surface area (Å²) in [5.41, 5.74) is -0.238. The maximum atomic E-state index is 12.4. The lowest BCUT2D eigenvalue weighted by Gasteiger charge is -2.27. The molecule has 8 nitrogen and oxygen atoms in total. The molecule has 1 heterocycles. The van der Waals surface area contributed by atoms with E-state index in [0.29, 0.717) is 0 Å². The third-order valence-corrected chi connectivity index (χ3v) is 5.95. The summed E-state index contributed by atoms with van der Waals surface area (Å²) in [6.45, 7) is 2.34. The lowest BCUT2D eigenvalue weighted by atomic mass is 9.96. The van der Waals surface area contributed by atoms with Crippen molar-refractivity contribution in [2.24, 2.45) is 5.92 Å². The highest BCUT2D eigenvalue weighted by Gasteiger charge is 2.39. The van der Waals surface area contributed by atoms with Crippen LogP contribution in [-0.2, 0) is 24.3 Å². The van der Waals surface area contributed by atoms with Gasteiger partial charge in [0.2, 0.25) is 5.91 Å². The molecule has 0 radical (unpaired) electrons. The van der Waals surface area contributed by atoms with Crippen molar-refractivity contribution in [3.8, 4) is 0 Å². The Morgan fingerprint density at radius 3 is 2.34 bits per heavy atom. The first-order valence-corrected chi connectivity index (χ1v) is 10.2. The van der Waals surface area contributed by atoms with Gasteiger partial charge in [0.25, 0.3) is 10.0 Å². The molecule has 2 amide bonds. The molecule has 3 N–H and O–H groups in total. The van der Waals surface area contributed by atoms with E-state index in [-0.39, 0.29) is 16.6 Å². The molecule has 1 aliphatic rings. The highest BCUT2D eigenvalue weighted by Crippen LogP contribution is 2.21. The molecule has 0 saturated carbocycles. The molecule has 1 aromatic rings. The Morgan fingerprint density at radius 1 is 1.24 bits per heavy atom. The number of nitrogens with one attached hydrogen (secondary N) is 3. The summed E-state index contributed by atoms with van der Waals surface area (Å²) in [5.74, 6) is -3.71. The van der Waals surface area contributed by atoms with Gasteiger partial charge in [0.1, 0.15) is 0 Å². The van der Waals surface area contributed by atoms with Crippen molar-refractivity contribution in [2.75, 3.05) is 19.0 Å². The van der Waals surface area contributed by atoms with Crippen LogP contribution in [-0.4, -0.2) is 52.2 Å². The van der Waals surface area contributed by atoms with Gasteiger partial charge in [0.05, 0.1) is 16.9 Å². The third kappa shape index (κ3) is 5.90. The minimum Gasteiger partial charge on any atom is -0.379 e. The number of methoxy groups -OCH3 is 1. The van der Waals surface area contributed by atoms with Gasteiger partial charge in [-0.05, 0) is 43.7 Å². The number of carbonyl (C=O) groups is 2. The minimum absolute atomic E-state index is 0.0695. The second-order valence-corrected chi connectivity index (χ2v) is 8.32. The number of sulfonamides is 1. The quantitative estimate of drug-likeness (QED) is 0.594. The number of benzene rings is 1. The zero-order valence-electron chi connectivity index (χ0n) is 15.7. The van der Waals surface area contributed by atoms with E-state index in [2.05, 4.69) is 5.32 Å². The molecule has 3 atom stereocenters. The molecule has 1 aromatic carbocycles. The molecule has 2 rings (SSSR count). The molecule has 29 heavy (non-hydrogen) atoms. The first kappa shape index (κ1) is 23.1. The molecule has 0 unspecified atom stereocenters. The Balaban J connectivity index is 2.06. The van der Waals surface area contributed by atoms with E-state index in [1.165, 1.54) is 7.11 Å². The lowest BCUT2D eigenvalue weighted by molar-refractivity contribution is -0.167. The van der Waals surface area contributed by atoms with Crippen LogP contribution in [0.5, 0.6) is 0 Å². The van der Waals surface area contributed by atoms with Gasteiger partial charge in [0, 0.05) is 18.8 Å². The van der Waals surface area contributed by atoms with Crippen LogP contribution in [0.3, 0.4) is 0 Å². The van der Waals surface area contributed by atoms with Crippen molar-refractivity contribution in [2.45, 2.75) is 43.0 Å². The predicted octanol–water partition coefficient (Wildman–Crippen LogP) is 1.40. The van der Waals surface area contributed by atoms with Gasteiger partial charge in [-0.15, -0.1) is 0 Å². The van der Waals surface area contributed by atoms with Crippen LogP contribution in [0.2, 0.25) is 0 Å². The van der Waals surface area contributed by atoms with Crippen molar-refractivity contribution in [1.29, 1.82) is 0 Å². The van der Waals surface area contributed by atoms with Crippen LogP contribution in [0.25, 0.3) is 0 Å². The van der Waals surface area contributed by atoms with Crippen LogP contribution in [0.4, 0.5) is 18.9 Å². The SMILES string of the molecule is CO[C@@H]([C@@H]1CCCN1)[C@@H](C)C(=O)NS(=O)(=O)c1ccc(NC(=O)C(F)(F)F)cc1. The van der Waals surface area contributed by atoms with E-state index in [1.54, 1.807) is 12.2 Å². The summed E-state index contributed by atoms with van der Waals surface area (Å²) in [5, 5.41) is 4.80. The van der Waals surface area contributed by atoms with E-state index in [4.69, 9.17) is 4.74 Å². The average Bonchev–Trinajstić information content (AvgIpc) is 3.16. The van der Waals surface area contributed by atoms with Gasteiger partial charge in [-0.3, -0.25) is 9.59 Å². The number of rotatable bonds is 7. The first-order valence-electron chi connectivity index (χ1n) is 8.77. The molecule has 1 fully saturated rings. The summed E-state index contributed by atoms with van der Waals surface area (Å²) in [6.07, 6.45) is -3.86. The molecular formula is C17H22F3N3O5S. The van der Waals surface area contributed by atoms with E-state index < -0.39 is 40.0 Å². The number of halogens is 3. The van der Waals surface area contributed by atoms with Gasteiger partial charge < -0.3 is 15.4 Å². The van der Waals surface area contributed by atoms with Gasteiger partial charge in [-0.2, -0.15) is 13.2 Å². The molecule has 1 saturated heterocycles. The largest absolute Gasteiger partial charge is 0.471 e. The number of anilines is 1. The summed E-state index contributed by atoms with van der Waals surface area (Å²) in [7, 11) is -2.81. The first-order chi connectivity index (χ1) is 13.5. The van der Waals surface area contributed by atoms with Crippen LogP contribution in [0, 0.1) is 5.92 Å². The Bertz CT molecular complexity index is 837. The van der Waals surface area contributed by atoms with Crippen LogP contribution in [0.1, 0.15) is 19.8 Å². The standard InChI is InChI=1S/C17H22F3N3O5S/c1-10(14(28-2)13-4-3-9-21-13)15(24)23-29(26,27)12-7-5-11(6-8-12)22-16(25)17(18,19)20/h5-8,10,13-14,21H,3-4,9H2,1-2H3,(H,22,25)(H,23,24)/t10-,13+,14-/m1/s1. The molecule has 0 aliphatic carbocycles. The molecule has 1 aliphatic heterocycles. The van der Waals surface area contributed by atoms with Crippen molar-refractivity contribution in [3.05, 3.63) is 24.3 Å². The van der Waals surface area contributed by atoms with E-state index >= 15 is 0 Å². The van der Waals surface area contributed by atoms with E-state index in [9.17, 15) is 31.2 Å². The minimum atomic E-state index is -5.07. The van der Waals surface area contributed by atoms with E-state index in [0.717, 1.165) is 43.7 Å². The summed E-state index contributed by atoms with van der Waals surface area (Å²) in [4.78, 5) is 23.0. The Kier molecular flexibility index (Phi) is 7.25. The Labute approximate surface area is 166 Å². The fourth-order valence-corrected chi connectivity index (χ4v) is 4.12. The highest BCUT2D eigenvalue weighted by molar-refractivity contribution is 7.90. The van der Waals surface area contributed by atoms with Crippen molar-refractivity contribution >= 4 is 27.5 Å². The summed E-state index contributed by atoms with van der Waals surface area (Å²) < 4.78 is 68.9. The fraction of sp³-hybridized carbons (Fsp3) is 0.529. The number of hydrogen-bond donors (Lipinski definition) is 3. The zero-order chi connectivity index (χ0) is 21.8. The molecule has 0 aromatic heterocycles. The normalized spacial score (nSPS) is 19.4. The summed E-state index contributed by atoms with van der Waals surface area (Å²) >= 11 is 0. The average molecular weight is 437 g/mol. The second kappa shape index (κ2) is 9.09. The molecule has 0 spiro atoms. The Hall–Kier alpha value is -2.18. The van der Waals surface area contributed by atoms with Gasteiger partial charge >= 0.3 is 12.1 Å². The van der Waals surface area contributed by atoms with Crippen molar-refractivity contribution in [1.82, 2.24) is 10.0 Å². The molecule has 0 bridgehead atoms. The van der Waals surface area contributed by atoms with Gasteiger partial charge in [0.15, 0.2) is 0 Å². The predicted molar refractivity (Wildman–Crippen MR) is 97.4 cm³/mol. The Morgan fingerprint density at radius 2 is 1.86 bits per heavy atom. The lowest BCUT2D eigenvalue weighted by Crippen LogP contribution is -2.47. The van der Waals surface area contributed by atoms with E-state index in [1.807, 2.05) is 4.72 Å². The number of amides is 2. The smallest absolute Gasteiger partial charge is 0.379 e. The number of carbonyl (C=O) groups excluding carboxylic acids is 2. The van der Waals surface area contributed by atoms with Gasteiger partial charge in [-0.1, -0.05) is 6.92 Å². The zero-order valence-corrected chi connectivity index (χ0v) is 16.6. The monoisotopic (exact) mass is 437 g/mol. The number of hydrogen-bond acceptors (Lipinski definition) is 6. The number of ether oxygens (including phenoxy) is 1. The van der Waals surface area contributed by atoms with Crippen LogP contribution >= 0.6 is 0 Å². The summed E-state index contributed by atoms with van der Waals surface area (Å²) in [6, 6.07) is 3.89. The highest BCUT2D eigenvalue weighted by atomic mass is 32.2. The van der Waals surface area contributed by atoms with Crippen LogP contribution in [0.15, 0.2) is 29.2 Å².